The third-order valence-electron chi connectivity index (χ3n) is 2.32. The Morgan fingerprint density at radius 3 is 2.76 bits per heavy atom. The van der Waals surface area contributed by atoms with E-state index in [4.69, 9.17) is 5.11 Å². The summed E-state index contributed by atoms with van der Waals surface area (Å²) < 4.78 is 0. The van der Waals surface area contributed by atoms with Crippen LogP contribution >= 0.6 is 0 Å². The van der Waals surface area contributed by atoms with E-state index in [1.807, 2.05) is 6.92 Å². The molecule has 6 nitrogen and oxygen atoms in total. The lowest BCUT2D eigenvalue weighted by atomic mass is 10.1. The molecule has 0 spiro atoms. The third-order valence-corrected chi connectivity index (χ3v) is 2.32. The van der Waals surface area contributed by atoms with E-state index >= 15 is 0 Å². The maximum Gasteiger partial charge on any atom is 0.342 e. The largest absolute Gasteiger partial charge is 0.477 e. The first-order valence-corrected chi connectivity index (χ1v) is 4.83. The summed E-state index contributed by atoms with van der Waals surface area (Å²) >= 11 is 0. The second-order valence-corrected chi connectivity index (χ2v) is 3.47. The first kappa shape index (κ1) is 11.0. The van der Waals surface area contributed by atoms with Crippen LogP contribution < -0.4 is 5.56 Å². The quantitative estimate of drug-likeness (QED) is 0.798. The molecular weight excluding hydrogens is 222 g/mol. The van der Waals surface area contributed by atoms with Crippen molar-refractivity contribution in [1.82, 2.24) is 15.0 Å². The average Bonchev–Trinajstić information content (AvgIpc) is 2.29. The zero-order valence-electron chi connectivity index (χ0n) is 8.97. The van der Waals surface area contributed by atoms with Crippen molar-refractivity contribution in [3.63, 3.8) is 0 Å². The Labute approximate surface area is 96.0 Å². The molecule has 0 radical (unpaired) electrons. The fraction of sp³-hybridized carbons (Fsp3) is 0.0909. The van der Waals surface area contributed by atoms with E-state index in [9.17, 15) is 9.59 Å². The maximum absolute atomic E-state index is 11.5. The summed E-state index contributed by atoms with van der Waals surface area (Å²) in [4.78, 5) is 32.4. The molecule has 2 aromatic heterocycles. The Kier molecular flexibility index (Phi) is 2.70. The Bertz CT molecular complexity index is 634. The monoisotopic (exact) mass is 231 g/mol. The van der Waals surface area contributed by atoms with Crippen LogP contribution in [0.1, 0.15) is 15.9 Å². The molecule has 2 aromatic rings. The third kappa shape index (κ3) is 2.05. The van der Waals surface area contributed by atoms with Crippen molar-refractivity contribution in [2.24, 2.45) is 0 Å². The standard InChI is InChI=1S/C11H9N3O3/c1-6-2-3-12-4-7(6)9-13-5-8(11(16)17)10(15)14-9/h2-5H,1H3,(H,16,17)(H,13,14,15). The van der Waals surface area contributed by atoms with Crippen LogP contribution in [0.2, 0.25) is 0 Å². The summed E-state index contributed by atoms with van der Waals surface area (Å²) in [5.41, 5.74) is 0.508. The zero-order valence-corrected chi connectivity index (χ0v) is 8.97. The van der Waals surface area contributed by atoms with Crippen molar-refractivity contribution in [3.05, 3.63) is 46.1 Å². The average molecular weight is 231 g/mol. The van der Waals surface area contributed by atoms with Crippen LogP contribution in [0.15, 0.2) is 29.5 Å². The van der Waals surface area contributed by atoms with Crippen LogP contribution in [0, 0.1) is 6.92 Å². The molecule has 0 aliphatic heterocycles. The van der Waals surface area contributed by atoms with Gasteiger partial charge in [-0.1, -0.05) is 0 Å². The van der Waals surface area contributed by atoms with Gasteiger partial charge in [-0.05, 0) is 18.6 Å². The number of aromatic nitrogens is 3. The molecule has 0 atom stereocenters. The zero-order chi connectivity index (χ0) is 12.4. The predicted octanol–water partition coefficient (Wildman–Crippen LogP) is 0.839. The van der Waals surface area contributed by atoms with E-state index < -0.39 is 11.5 Å². The first-order chi connectivity index (χ1) is 8.09. The molecule has 86 valence electrons. The van der Waals surface area contributed by atoms with Crippen LogP contribution in [0.25, 0.3) is 11.4 Å². The van der Waals surface area contributed by atoms with Gasteiger partial charge in [-0.15, -0.1) is 0 Å². The Morgan fingerprint density at radius 1 is 1.41 bits per heavy atom. The number of nitrogens with zero attached hydrogens (tertiary/aromatic N) is 2. The topological polar surface area (TPSA) is 95.9 Å². The molecule has 0 amide bonds. The number of aromatic amines is 1. The Balaban J connectivity index is 2.57. The molecule has 0 aliphatic rings. The SMILES string of the molecule is Cc1ccncc1-c1ncc(C(=O)O)c(=O)[nH]1. The van der Waals surface area contributed by atoms with Crippen molar-refractivity contribution in [1.29, 1.82) is 0 Å². The highest BCUT2D eigenvalue weighted by molar-refractivity contribution is 5.86. The number of aryl methyl sites for hydroxylation is 1. The summed E-state index contributed by atoms with van der Waals surface area (Å²) in [6.07, 6.45) is 4.24. The molecular formula is C11H9N3O3. The highest BCUT2D eigenvalue weighted by Crippen LogP contribution is 2.16. The van der Waals surface area contributed by atoms with Gasteiger partial charge in [0.2, 0.25) is 0 Å². The number of carbonyl (C=O) groups is 1. The van der Waals surface area contributed by atoms with Gasteiger partial charge in [0.05, 0.1) is 0 Å². The minimum atomic E-state index is -1.30. The van der Waals surface area contributed by atoms with Gasteiger partial charge >= 0.3 is 5.97 Å². The molecule has 17 heavy (non-hydrogen) atoms. The minimum Gasteiger partial charge on any atom is -0.477 e. The van der Waals surface area contributed by atoms with E-state index in [-0.39, 0.29) is 5.56 Å². The van der Waals surface area contributed by atoms with Gasteiger partial charge < -0.3 is 10.1 Å². The summed E-state index contributed by atoms with van der Waals surface area (Å²) in [7, 11) is 0. The normalized spacial score (nSPS) is 10.2. The number of carboxylic acid groups (broad SMARTS) is 1. The first-order valence-electron chi connectivity index (χ1n) is 4.83. The van der Waals surface area contributed by atoms with E-state index in [2.05, 4.69) is 15.0 Å². The van der Waals surface area contributed by atoms with Gasteiger partial charge in [-0.3, -0.25) is 9.78 Å². The minimum absolute atomic E-state index is 0.311. The highest BCUT2D eigenvalue weighted by atomic mass is 16.4. The number of aromatic carboxylic acids is 1. The summed E-state index contributed by atoms with van der Waals surface area (Å²) in [6, 6.07) is 1.78. The summed E-state index contributed by atoms with van der Waals surface area (Å²) in [5.74, 6) is -0.987. The Hall–Kier alpha value is -2.50. The summed E-state index contributed by atoms with van der Waals surface area (Å²) in [6.45, 7) is 1.85. The van der Waals surface area contributed by atoms with Gasteiger partial charge in [0, 0.05) is 24.2 Å². The van der Waals surface area contributed by atoms with E-state index in [1.54, 1.807) is 18.5 Å². The number of carboxylic acids is 1. The van der Waals surface area contributed by atoms with E-state index in [1.165, 1.54) is 0 Å². The lowest BCUT2D eigenvalue weighted by Crippen LogP contribution is -2.18. The molecule has 0 unspecified atom stereocenters. The molecule has 0 bridgehead atoms. The maximum atomic E-state index is 11.5. The van der Waals surface area contributed by atoms with Gasteiger partial charge in [-0.25, -0.2) is 9.78 Å². The number of pyridine rings is 1. The number of H-pyrrole nitrogens is 1. The number of hydrogen-bond donors (Lipinski definition) is 2. The van der Waals surface area contributed by atoms with Gasteiger partial charge in [0.1, 0.15) is 11.4 Å². The molecule has 0 saturated carbocycles. The molecule has 2 N–H and O–H groups in total. The van der Waals surface area contributed by atoms with Crippen molar-refractivity contribution in [2.45, 2.75) is 6.92 Å². The number of hydrogen-bond acceptors (Lipinski definition) is 4. The van der Waals surface area contributed by atoms with Crippen LogP contribution in [0.3, 0.4) is 0 Å². The number of nitrogens with one attached hydrogen (secondary N) is 1. The van der Waals surface area contributed by atoms with Gasteiger partial charge in [0.25, 0.3) is 5.56 Å². The predicted molar refractivity (Wildman–Crippen MR) is 59.8 cm³/mol. The van der Waals surface area contributed by atoms with Crippen LogP contribution in [0.5, 0.6) is 0 Å². The molecule has 0 saturated heterocycles. The summed E-state index contributed by atoms with van der Waals surface area (Å²) in [5, 5.41) is 8.71. The lowest BCUT2D eigenvalue weighted by molar-refractivity contribution is 0.0694. The molecule has 2 rings (SSSR count). The van der Waals surface area contributed by atoms with Gasteiger partial charge in [0.15, 0.2) is 0 Å². The highest BCUT2D eigenvalue weighted by Gasteiger charge is 2.11. The molecule has 0 aromatic carbocycles. The smallest absolute Gasteiger partial charge is 0.342 e. The molecule has 6 heteroatoms. The molecule has 2 heterocycles. The van der Waals surface area contributed by atoms with E-state index in [0.717, 1.165) is 11.8 Å². The van der Waals surface area contributed by atoms with Crippen molar-refractivity contribution in [3.8, 4) is 11.4 Å². The number of rotatable bonds is 2. The molecule has 0 fully saturated rings. The fourth-order valence-electron chi connectivity index (χ4n) is 1.40. The van der Waals surface area contributed by atoms with Crippen LogP contribution in [-0.2, 0) is 0 Å². The second kappa shape index (κ2) is 4.17. The molecule has 0 aliphatic carbocycles. The second-order valence-electron chi connectivity index (χ2n) is 3.47. The van der Waals surface area contributed by atoms with Crippen molar-refractivity contribution in [2.75, 3.05) is 0 Å². The van der Waals surface area contributed by atoms with Crippen LogP contribution in [0.4, 0.5) is 0 Å². The lowest BCUT2D eigenvalue weighted by Gasteiger charge is -2.03. The van der Waals surface area contributed by atoms with Crippen molar-refractivity contribution < 1.29 is 9.90 Å². The van der Waals surface area contributed by atoms with Crippen molar-refractivity contribution >= 4 is 5.97 Å². The Morgan fingerprint density at radius 2 is 2.18 bits per heavy atom. The van der Waals surface area contributed by atoms with Crippen LogP contribution in [-0.4, -0.2) is 26.0 Å². The fourth-order valence-corrected chi connectivity index (χ4v) is 1.40. The van der Waals surface area contributed by atoms with Gasteiger partial charge in [-0.2, -0.15) is 0 Å². The van der Waals surface area contributed by atoms with E-state index in [0.29, 0.717) is 11.4 Å².